The van der Waals surface area contributed by atoms with Crippen LogP contribution in [-0.2, 0) is 4.79 Å². The van der Waals surface area contributed by atoms with Gasteiger partial charge in [0.1, 0.15) is 6.10 Å². The summed E-state index contributed by atoms with van der Waals surface area (Å²) in [6.45, 7) is 4.16. The van der Waals surface area contributed by atoms with Crippen molar-refractivity contribution in [3.63, 3.8) is 0 Å². The molecular formula is C50H95NO4. The summed E-state index contributed by atoms with van der Waals surface area (Å²) in [4.78, 5) is 12.4. The number of hydrogen-bond donors (Lipinski definition) is 4. The summed E-state index contributed by atoms with van der Waals surface area (Å²) in [6.07, 6.45) is 57.0. The van der Waals surface area contributed by atoms with Crippen LogP contribution >= 0.6 is 0 Å². The zero-order chi connectivity index (χ0) is 40.1. The minimum absolute atomic E-state index is 0.158. The molecule has 0 aliphatic heterocycles. The number of nitrogens with one attached hydrogen (secondary N) is 1. The van der Waals surface area contributed by atoms with Crippen molar-refractivity contribution in [2.24, 2.45) is 0 Å². The summed E-state index contributed by atoms with van der Waals surface area (Å²) in [7, 11) is 0. The quantitative estimate of drug-likeness (QED) is 0.0367. The minimum Gasteiger partial charge on any atom is -0.394 e. The lowest BCUT2D eigenvalue weighted by molar-refractivity contribution is -0.124. The maximum Gasteiger partial charge on any atom is 0.220 e. The lowest BCUT2D eigenvalue weighted by atomic mass is 10.0. The molecule has 0 saturated heterocycles. The fourth-order valence-electron chi connectivity index (χ4n) is 7.41. The Balaban J connectivity index is 3.59. The van der Waals surface area contributed by atoms with Crippen LogP contribution in [0.2, 0.25) is 0 Å². The van der Waals surface area contributed by atoms with Crippen LogP contribution in [0.3, 0.4) is 0 Å². The Morgan fingerprint density at radius 3 is 1.11 bits per heavy atom. The van der Waals surface area contributed by atoms with E-state index in [2.05, 4.69) is 55.6 Å². The van der Waals surface area contributed by atoms with Crippen LogP contribution in [-0.4, -0.2) is 46.1 Å². The Bertz CT molecular complexity index is 855. The van der Waals surface area contributed by atoms with E-state index in [9.17, 15) is 20.1 Å². The van der Waals surface area contributed by atoms with E-state index in [1.165, 1.54) is 180 Å². The molecule has 0 radical (unpaired) electrons. The molecule has 0 aromatic carbocycles. The van der Waals surface area contributed by atoms with Gasteiger partial charge in [-0.2, -0.15) is 0 Å². The van der Waals surface area contributed by atoms with Gasteiger partial charge in [0, 0.05) is 6.42 Å². The summed E-state index contributed by atoms with van der Waals surface area (Å²) in [5.41, 5.74) is 0. The van der Waals surface area contributed by atoms with E-state index in [0.717, 1.165) is 44.9 Å². The summed E-state index contributed by atoms with van der Waals surface area (Å²) in [5, 5.41) is 33.5. The predicted octanol–water partition coefficient (Wildman–Crippen LogP) is 14.3. The van der Waals surface area contributed by atoms with E-state index in [0.29, 0.717) is 12.8 Å². The first-order valence-corrected chi connectivity index (χ1v) is 24.3. The number of rotatable bonds is 44. The summed E-state index contributed by atoms with van der Waals surface area (Å²) in [5.74, 6) is -0.158. The SMILES string of the molecule is CCCCCCC/C=C/CC/C=C/CCCC(O)C(O)C(CO)NC(=O)CCCCCCCCCCCCC/C=C\CCCCCCCCCCCCCC. The second kappa shape index (κ2) is 45.3. The van der Waals surface area contributed by atoms with E-state index >= 15 is 0 Å². The molecular weight excluding hydrogens is 679 g/mol. The molecule has 5 heteroatoms. The van der Waals surface area contributed by atoms with Crippen molar-refractivity contribution in [1.29, 1.82) is 0 Å². The number of unbranched alkanes of at least 4 members (excludes halogenated alkanes) is 30. The molecule has 5 nitrogen and oxygen atoms in total. The number of amides is 1. The Morgan fingerprint density at radius 2 is 0.745 bits per heavy atom. The minimum atomic E-state index is -1.17. The van der Waals surface area contributed by atoms with Crippen LogP contribution in [0.15, 0.2) is 36.5 Å². The highest BCUT2D eigenvalue weighted by Crippen LogP contribution is 2.16. The summed E-state index contributed by atoms with van der Waals surface area (Å²) >= 11 is 0. The average Bonchev–Trinajstić information content (AvgIpc) is 3.19. The van der Waals surface area contributed by atoms with Crippen LogP contribution in [0.25, 0.3) is 0 Å². The molecule has 0 heterocycles. The van der Waals surface area contributed by atoms with Crippen LogP contribution in [0.1, 0.15) is 251 Å². The first-order valence-electron chi connectivity index (χ1n) is 24.3. The summed E-state index contributed by atoms with van der Waals surface area (Å²) < 4.78 is 0. The Hall–Kier alpha value is -1.43. The molecule has 1 amide bonds. The molecule has 0 aliphatic rings. The number of allylic oxidation sites excluding steroid dienone is 6. The molecule has 0 saturated carbocycles. The first-order chi connectivity index (χ1) is 27.1. The highest BCUT2D eigenvalue weighted by atomic mass is 16.3. The number of aliphatic hydroxyl groups is 3. The zero-order valence-corrected chi connectivity index (χ0v) is 36.8. The van der Waals surface area contributed by atoms with Crippen LogP contribution in [0.5, 0.6) is 0 Å². The maximum absolute atomic E-state index is 12.4. The third-order valence-corrected chi connectivity index (χ3v) is 11.2. The molecule has 0 rings (SSSR count). The number of carbonyl (C=O) groups excluding carboxylic acids is 1. The molecule has 55 heavy (non-hydrogen) atoms. The molecule has 0 spiro atoms. The van der Waals surface area contributed by atoms with Gasteiger partial charge < -0.3 is 20.6 Å². The van der Waals surface area contributed by atoms with Crippen LogP contribution in [0, 0.1) is 0 Å². The fourth-order valence-corrected chi connectivity index (χ4v) is 7.41. The van der Waals surface area contributed by atoms with E-state index < -0.39 is 18.2 Å². The zero-order valence-electron chi connectivity index (χ0n) is 36.8. The standard InChI is InChI=1S/C50H95NO4/c1-3-5-7-9-11-13-15-17-19-20-21-22-23-24-25-26-27-28-29-30-31-33-35-37-39-41-43-45-49(54)51-47(46-52)50(55)48(53)44-42-40-38-36-34-32-18-16-14-12-10-8-6-4-2/h16,18,24-25,36,38,47-48,50,52-53,55H,3-15,17,19-23,26-35,37,39-46H2,1-2H3,(H,51,54)/b18-16+,25-24-,38-36+. The lowest BCUT2D eigenvalue weighted by Crippen LogP contribution is -2.50. The van der Waals surface area contributed by atoms with Crippen molar-refractivity contribution in [2.75, 3.05) is 6.61 Å². The molecule has 4 N–H and O–H groups in total. The smallest absolute Gasteiger partial charge is 0.220 e. The van der Waals surface area contributed by atoms with Crippen molar-refractivity contribution in [1.82, 2.24) is 5.32 Å². The predicted molar refractivity (Wildman–Crippen MR) is 241 cm³/mol. The van der Waals surface area contributed by atoms with Crippen molar-refractivity contribution in [3.8, 4) is 0 Å². The molecule has 0 aliphatic carbocycles. The molecule has 0 bridgehead atoms. The van der Waals surface area contributed by atoms with Gasteiger partial charge in [-0.3, -0.25) is 4.79 Å². The van der Waals surface area contributed by atoms with Gasteiger partial charge >= 0.3 is 0 Å². The summed E-state index contributed by atoms with van der Waals surface area (Å²) in [6, 6.07) is -0.832. The number of carbonyl (C=O) groups is 1. The third-order valence-electron chi connectivity index (χ3n) is 11.2. The average molecular weight is 774 g/mol. The van der Waals surface area contributed by atoms with Gasteiger partial charge in [-0.1, -0.05) is 204 Å². The monoisotopic (exact) mass is 774 g/mol. The molecule has 324 valence electrons. The maximum atomic E-state index is 12.4. The van der Waals surface area contributed by atoms with E-state index in [1.807, 2.05) is 0 Å². The van der Waals surface area contributed by atoms with Crippen LogP contribution < -0.4 is 5.32 Å². The molecule has 3 unspecified atom stereocenters. The van der Waals surface area contributed by atoms with Gasteiger partial charge in [-0.25, -0.2) is 0 Å². The number of hydrogen-bond acceptors (Lipinski definition) is 4. The van der Waals surface area contributed by atoms with Crippen molar-refractivity contribution < 1.29 is 20.1 Å². The Morgan fingerprint density at radius 1 is 0.436 bits per heavy atom. The highest BCUT2D eigenvalue weighted by molar-refractivity contribution is 5.76. The molecule has 0 aromatic rings. The lowest BCUT2D eigenvalue weighted by Gasteiger charge is -2.26. The highest BCUT2D eigenvalue weighted by Gasteiger charge is 2.26. The van der Waals surface area contributed by atoms with E-state index in [1.54, 1.807) is 0 Å². The van der Waals surface area contributed by atoms with Gasteiger partial charge in [0.25, 0.3) is 0 Å². The molecule has 3 atom stereocenters. The van der Waals surface area contributed by atoms with E-state index in [-0.39, 0.29) is 12.5 Å². The van der Waals surface area contributed by atoms with Gasteiger partial charge in [0.05, 0.1) is 18.8 Å². The first kappa shape index (κ1) is 53.6. The third kappa shape index (κ3) is 40.6. The Kier molecular flexibility index (Phi) is 44.1. The fraction of sp³-hybridized carbons (Fsp3) is 0.860. The van der Waals surface area contributed by atoms with Crippen molar-refractivity contribution in [3.05, 3.63) is 36.5 Å². The van der Waals surface area contributed by atoms with Crippen LogP contribution in [0.4, 0.5) is 0 Å². The topological polar surface area (TPSA) is 89.8 Å². The van der Waals surface area contributed by atoms with E-state index in [4.69, 9.17) is 0 Å². The van der Waals surface area contributed by atoms with Crippen molar-refractivity contribution in [2.45, 2.75) is 270 Å². The Labute approximate surface area is 343 Å². The number of aliphatic hydroxyl groups excluding tert-OH is 3. The molecule has 0 aromatic heterocycles. The molecule has 0 fully saturated rings. The van der Waals surface area contributed by atoms with Gasteiger partial charge in [-0.15, -0.1) is 0 Å². The van der Waals surface area contributed by atoms with Crippen molar-refractivity contribution >= 4 is 5.91 Å². The van der Waals surface area contributed by atoms with Gasteiger partial charge in [0.15, 0.2) is 0 Å². The van der Waals surface area contributed by atoms with Gasteiger partial charge in [-0.05, 0) is 77.0 Å². The second-order valence-electron chi connectivity index (χ2n) is 16.6. The normalized spacial score (nSPS) is 13.8. The largest absolute Gasteiger partial charge is 0.394 e. The van der Waals surface area contributed by atoms with Gasteiger partial charge in [0.2, 0.25) is 5.91 Å². The second-order valence-corrected chi connectivity index (χ2v) is 16.6.